The third-order valence-electron chi connectivity index (χ3n) is 11.0. The van der Waals surface area contributed by atoms with Gasteiger partial charge in [0.15, 0.2) is 14.6 Å². The van der Waals surface area contributed by atoms with Gasteiger partial charge < -0.3 is 28.1 Å². The van der Waals surface area contributed by atoms with E-state index in [0.29, 0.717) is 25.0 Å². The molecule has 1 aliphatic rings. The number of allylic oxidation sites excluding steroid dienone is 2. The van der Waals surface area contributed by atoms with Crippen molar-refractivity contribution in [2.24, 2.45) is 29.6 Å². The summed E-state index contributed by atoms with van der Waals surface area (Å²) in [6.45, 7) is 28.4. The van der Waals surface area contributed by atoms with E-state index in [1.54, 1.807) is 14.2 Å². The minimum Gasteiger partial charge on any atom is -0.497 e. The van der Waals surface area contributed by atoms with Crippen molar-refractivity contribution in [2.45, 2.75) is 124 Å². The van der Waals surface area contributed by atoms with E-state index in [-0.39, 0.29) is 41.1 Å². The van der Waals surface area contributed by atoms with Crippen molar-refractivity contribution in [3.8, 4) is 11.5 Å². The molecule has 9 atom stereocenters. The van der Waals surface area contributed by atoms with Crippen molar-refractivity contribution in [3.05, 3.63) is 84.5 Å². The van der Waals surface area contributed by atoms with Crippen LogP contribution in [-0.4, -0.2) is 47.5 Å². The number of rotatable bonds is 19. The number of methoxy groups -OCH3 is 2. The number of hydrogen-bond donors (Lipinski definition) is 0. The van der Waals surface area contributed by atoms with E-state index in [2.05, 4.69) is 93.3 Å². The predicted molar refractivity (Wildman–Crippen MR) is 209 cm³/mol. The molecule has 2 aromatic rings. The maximum atomic E-state index is 7.20. The Kier molecular flexibility index (Phi) is 16.3. The molecule has 0 amide bonds. The number of hydrogen-bond acceptors (Lipinski definition) is 6. The summed E-state index contributed by atoms with van der Waals surface area (Å²) in [7, 11) is 1.37. The van der Waals surface area contributed by atoms with Crippen molar-refractivity contribution >= 4 is 8.32 Å². The van der Waals surface area contributed by atoms with Gasteiger partial charge in [0.05, 0.1) is 45.7 Å². The minimum absolute atomic E-state index is 0.0346. The van der Waals surface area contributed by atoms with E-state index < -0.39 is 14.6 Å². The maximum Gasteiger partial charge on any atom is 0.192 e. The van der Waals surface area contributed by atoms with Gasteiger partial charge in [0, 0.05) is 23.3 Å². The summed E-state index contributed by atoms with van der Waals surface area (Å²) in [5.41, 5.74) is 2.16. The Morgan fingerprint density at radius 1 is 0.880 bits per heavy atom. The molecule has 2 aromatic carbocycles. The Balaban J connectivity index is 1.69. The van der Waals surface area contributed by atoms with Gasteiger partial charge in [-0.2, -0.15) is 0 Å². The molecule has 280 valence electrons. The Hall–Kier alpha value is -2.42. The summed E-state index contributed by atoms with van der Waals surface area (Å²) in [4.78, 5) is 0. The van der Waals surface area contributed by atoms with E-state index >= 15 is 0 Å². The van der Waals surface area contributed by atoms with E-state index in [9.17, 15) is 0 Å². The van der Waals surface area contributed by atoms with Gasteiger partial charge in [-0.05, 0) is 79.1 Å². The maximum absolute atomic E-state index is 7.20. The lowest BCUT2D eigenvalue weighted by Gasteiger charge is -2.44. The van der Waals surface area contributed by atoms with E-state index in [1.165, 1.54) is 0 Å². The first kappa shape index (κ1) is 42.0. The second-order valence-corrected chi connectivity index (χ2v) is 21.1. The minimum atomic E-state index is -2.01. The molecular formula is C43H68O6Si. The van der Waals surface area contributed by atoms with Gasteiger partial charge in [-0.1, -0.05) is 104 Å². The molecule has 0 saturated carbocycles. The largest absolute Gasteiger partial charge is 0.497 e. The zero-order valence-corrected chi connectivity index (χ0v) is 34.2. The van der Waals surface area contributed by atoms with Gasteiger partial charge in [-0.3, -0.25) is 0 Å². The fourth-order valence-corrected chi connectivity index (χ4v) is 8.33. The van der Waals surface area contributed by atoms with Crippen LogP contribution >= 0.6 is 0 Å². The molecule has 1 fully saturated rings. The SMILES string of the molecule is C=C/C=C\[C@H](C)[C@@H]1O[C@H](c2ccc(OC)cc2)O[C@H](CC[C@@H](C)C[C@H](C)[C@@H](O[Si](C)(C)C(C)(C)C)[C@@H](C)COCc2ccc(OC)cc2)[C@@H]1C. The smallest absolute Gasteiger partial charge is 0.192 e. The summed E-state index contributed by atoms with van der Waals surface area (Å²) >= 11 is 0. The third-order valence-corrected chi connectivity index (χ3v) is 15.5. The molecule has 1 heterocycles. The lowest BCUT2D eigenvalue weighted by atomic mass is 9.82. The fourth-order valence-electron chi connectivity index (χ4n) is 6.83. The molecule has 0 aliphatic carbocycles. The standard InChI is InChI=1S/C43H68O6Si/c1-14-15-16-31(3)41-34(6)39(47-42(48-41)36-20-24-38(45-11)25-21-36)26-17-30(2)27-32(4)40(49-50(12,13)43(7,8)9)33(5)28-46-29-35-18-22-37(44-10)23-19-35/h14-16,18-25,30-34,39-42H,1,17,26-29H2,2-13H3/b16-15-/t30-,31+,32+,33+,34+,39-,40-,41+,42-/m1/s1. The van der Waals surface area contributed by atoms with Crippen LogP contribution in [0.1, 0.15) is 92.1 Å². The van der Waals surface area contributed by atoms with Crippen molar-refractivity contribution in [1.29, 1.82) is 0 Å². The van der Waals surface area contributed by atoms with Crippen LogP contribution in [0.15, 0.2) is 73.3 Å². The van der Waals surface area contributed by atoms with Gasteiger partial charge in [-0.25, -0.2) is 0 Å². The topological polar surface area (TPSA) is 55.4 Å². The molecule has 1 aliphatic heterocycles. The quantitative estimate of drug-likeness (QED) is 0.107. The Morgan fingerprint density at radius 3 is 2.04 bits per heavy atom. The zero-order valence-electron chi connectivity index (χ0n) is 33.2. The van der Waals surface area contributed by atoms with Gasteiger partial charge in [0.1, 0.15) is 11.5 Å². The van der Waals surface area contributed by atoms with Crippen LogP contribution in [0.3, 0.4) is 0 Å². The van der Waals surface area contributed by atoms with Crippen molar-refractivity contribution in [2.75, 3.05) is 20.8 Å². The highest BCUT2D eigenvalue weighted by atomic mass is 28.4. The lowest BCUT2D eigenvalue weighted by Crippen LogP contribution is -2.48. The highest BCUT2D eigenvalue weighted by Crippen LogP contribution is 2.42. The van der Waals surface area contributed by atoms with Crippen LogP contribution in [0.4, 0.5) is 0 Å². The first-order valence-corrected chi connectivity index (χ1v) is 21.6. The second kappa shape index (κ2) is 19.4. The molecule has 7 heteroatoms. The number of ether oxygens (including phenoxy) is 5. The molecule has 3 rings (SSSR count). The van der Waals surface area contributed by atoms with Crippen molar-refractivity contribution in [3.63, 3.8) is 0 Å². The summed E-state index contributed by atoms with van der Waals surface area (Å²) in [5, 5.41) is 0.131. The van der Waals surface area contributed by atoms with Gasteiger partial charge >= 0.3 is 0 Å². The Labute approximate surface area is 306 Å². The van der Waals surface area contributed by atoms with Crippen LogP contribution in [-0.2, 0) is 25.2 Å². The van der Waals surface area contributed by atoms with Gasteiger partial charge in [0.2, 0.25) is 0 Å². The molecule has 0 unspecified atom stereocenters. The number of benzene rings is 2. The van der Waals surface area contributed by atoms with E-state index in [1.807, 2.05) is 48.6 Å². The molecule has 0 spiro atoms. The van der Waals surface area contributed by atoms with Crippen LogP contribution in [0.2, 0.25) is 18.1 Å². The van der Waals surface area contributed by atoms with E-state index in [4.69, 9.17) is 28.1 Å². The first-order chi connectivity index (χ1) is 23.6. The fraction of sp³-hybridized carbons (Fsp3) is 0.628. The Morgan fingerprint density at radius 2 is 1.48 bits per heavy atom. The van der Waals surface area contributed by atoms with E-state index in [0.717, 1.165) is 41.9 Å². The van der Waals surface area contributed by atoms with Gasteiger partial charge in [-0.15, -0.1) is 0 Å². The van der Waals surface area contributed by atoms with Crippen molar-refractivity contribution in [1.82, 2.24) is 0 Å². The molecule has 0 radical (unpaired) electrons. The lowest BCUT2D eigenvalue weighted by molar-refractivity contribution is -0.279. The summed E-state index contributed by atoms with van der Waals surface area (Å²) < 4.78 is 37.6. The Bertz CT molecular complexity index is 1300. The van der Waals surface area contributed by atoms with Crippen LogP contribution in [0.5, 0.6) is 11.5 Å². The highest BCUT2D eigenvalue weighted by Gasteiger charge is 2.42. The monoisotopic (exact) mass is 708 g/mol. The second-order valence-electron chi connectivity index (χ2n) is 16.3. The molecule has 6 nitrogen and oxygen atoms in total. The van der Waals surface area contributed by atoms with Crippen LogP contribution in [0, 0.1) is 29.6 Å². The normalized spacial score (nSPS) is 23.2. The summed E-state index contributed by atoms with van der Waals surface area (Å²) in [5.74, 6) is 3.32. The highest BCUT2D eigenvalue weighted by molar-refractivity contribution is 6.74. The summed E-state index contributed by atoms with van der Waals surface area (Å²) in [6, 6.07) is 16.2. The predicted octanol–water partition coefficient (Wildman–Crippen LogP) is 11.2. The molecule has 0 N–H and O–H groups in total. The van der Waals surface area contributed by atoms with Crippen LogP contribution in [0.25, 0.3) is 0 Å². The summed E-state index contributed by atoms with van der Waals surface area (Å²) in [6.07, 6.45) is 9.01. The average Bonchev–Trinajstić information content (AvgIpc) is 3.08. The first-order valence-electron chi connectivity index (χ1n) is 18.7. The van der Waals surface area contributed by atoms with Gasteiger partial charge in [0.25, 0.3) is 0 Å². The molecule has 50 heavy (non-hydrogen) atoms. The molecular weight excluding hydrogens is 641 g/mol. The molecule has 0 bridgehead atoms. The molecule has 1 saturated heterocycles. The average molecular weight is 709 g/mol. The molecule has 0 aromatic heterocycles. The third kappa shape index (κ3) is 12.1. The van der Waals surface area contributed by atoms with Crippen molar-refractivity contribution < 1.29 is 28.1 Å². The van der Waals surface area contributed by atoms with Crippen LogP contribution < -0.4 is 9.47 Å². The zero-order chi connectivity index (χ0) is 37.1.